The molecule has 1 aromatic heterocycles. The van der Waals surface area contributed by atoms with E-state index in [2.05, 4.69) is 35.8 Å². The number of hydrogen-bond acceptors (Lipinski definition) is 1. The first kappa shape index (κ1) is 13.0. The van der Waals surface area contributed by atoms with Crippen molar-refractivity contribution in [3.8, 4) is 11.1 Å². The molecule has 94 valence electrons. The van der Waals surface area contributed by atoms with E-state index in [0.717, 1.165) is 16.7 Å². The van der Waals surface area contributed by atoms with Gasteiger partial charge in [0.05, 0.1) is 0 Å². The summed E-state index contributed by atoms with van der Waals surface area (Å²) < 4.78 is 0. The van der Waals surface area contributed by atoms with Crippen LogP contribution in [-0.4, -0.2) is 4.98 Å². The number of benzene rings is 1. The molecule has 0 spiro atoms. The van der Waals surface area contributed by atoms with E-state index in [-0.39, 0.29) is 0 Å². The number of rotatable bonds is 4. The summed E-state index contributed by atoms with van der Waals surface area (Å²) >= 11 is 0. The van der Waals surface area contributed by atoms with Crippen LogP contribution in [0.5, 0.6) is 0 Å². The molecule has 0 saturated carbocycles. The highest BCUT2D eigenvalue weighted by Crippen LogP contribution is 2.23. The maximum atomic E-state index is 4.34. The van der Waals surface area contributed by atoms with Gasteiger partial charge in [-0.3, -0.25) is 4.98 Å². The van der Waals surface area contributed by atoms with Gasteiger partial charge < -0.3 is 0 Å². The van der Waals surface area contributed by atoms with Crippen molar-refractivity contribution < 1.29 is 0 Å². The van der Waals surface area contributed by atoms with Gasteiger partial charge in [-0.15, -0.1) is 0 Å². The molecule has 0 amide bonds. The summed E-state index contributed by atoms with van der Waals surface area (Å²) in [4.78, 5) is 4.34. The van der Waals surface area contributed by atoms with Crippen LogP contribution in [0.25, 0.3) is 16.7 Å². The normalized spacial score (nSPS) is 11.7. The Kier molecular flexibility index (Phi) is 4.46. The van der Waals surface area contributed by atoms with Gasteiger partial charge >= 0.3 is 0 Å². The molecular weight excluding hydrogens is 230 g/mol. The summed E-state index contributed by atoms with van der Waals surface area (Å²) in [6.45, 7) is 5.76. The second-order valence-electron chi connectivity index (χ2n) is 4.19. The summed E-state index contributed by atoms with van der Waals surface area (Å²) in [5.74, 6) is 0. The maximum absolute atomic E-state index is 4.34. The molecule has 1 heterocycles. The third kappa shape index (κ3) is 3.29. The summed E-state index contributed by atoms with van der Waals surface area (Å²) in [5.41, 5.74) is 4.51. The van der Waals surface area contributed by atoms with Gasteiger partial charge in [0.25, 0.3) is 0 Å². The van der Waals surface area contributed by atoms with Crippen LogP contribution in [0.15, 0.2) is 79.7 Å². The third-order valence-electron chi connectivity index (χ3n) is 2.82. The number of hydrogen-bond donors (Lipinski definition) is 0. The Hall–Kier alpha value is -2.41. The van der Waals surface area contributed by atoms with Gasteiger partial charge in [-0.1, -0.05) is 61.2 Å². The SMILES string of the molecule is C=C/C=C(\C=C/C)c1cncc(-c2ccccc2)c1. The van der Waals surface area contributed by atoms with Crippen molar-refractivity contribution in [2.24, 2.45) is 0 Å². The fraction of sp³-hybridized carbons (Fsp3) is 0.0556. The zero-order valence-electron chi connectivity index (χ0n) is 11.1. The molecule has 1 aromatic carbocycles. The lowest BCUT2D eigenvalue weighted by atomic mass is 10.0. The van der Waals surface area contributed by atoms with Gasteiger partial charge in [0.1, 0.15) is 0 Å². The molecule has 1 heteroatoms. The van der Waals surface area contributed by atoms with Crippen molar-refractivity contribution in [2.75, 3.05) is 0 Å². The van der Waals surface area contributed by atoms with E-state index in [4.69, 9.17) is 0 Å². The second kappa shape index (κ2) is 6.50. The average Bonchev–Trinajstić information content (AvgIpc) is 2.48. The minimum absolute atomic E-state index is 1.10. The van der Waals surface area contributed by atoms with Gasteiger partial charge in [-0.25, -0.2) is 0 Å². The first-order valence-corrected chi connectivity index (χ1v) is 6.31. The molecule has 0 aliphatic rings. The molecule has 0 fully saturated rings. The van der Waals surface area contributed by atoms with E-state index in [1.54, 1.807) is 6.08 Å². The van der Waals surface area contributed by atoms with Crippen molar-refractivity contribution in [2.45, 2.75) is 6.92 Å². The highest BCUT2D eigenvalue weighted by molar-refractivity contribution is 5.77. The van der Waals surface area contributed by atoms with Crippen LogP contribution in [0.4, 0.5) is 0 Å². The van der Waals surface area contributed by atoms with Crippen LogP contribution in [0.2, 0.25) is 0 Å². The molecule has 0 aliphatic carbocycles. The quantitative estimate of drug-likeness (QED) is 0.701. The molecule has 2 rings (SSSR count). The highest BCUT2D eigenvalue weighted by atomic mass is 14.6. The average molecular weight is 247 g/mol. The van der Waals surface area contributed by atoms with Gasteiger partial charge in [-0.2, -0.15) is 0 Å². The van der Waals surface area contributed by atoms with Crippen LogP contribution < -0.4 is 0 Å². The molecular formula is C18H17N. The van der Waals surface area contributed by atoms with E-state index in [1.165, 1.54) is 5.56 Å². The van der Waals surface area contributed by atoms with Crippen molar-refractivity contribution in [1.82, 2.24) is 4.98 Å². The Balaban J connectivity index is 2.44. The first-order valence-electron chi connectivity index (χ1n) is 6.31. The minimum atomic E-state index is 1.10. The number of aromatic nitrogens is 1. The molecule has 0 atom stereocenters. The molecule has 0 unspecified atom stereocenters. The zero-order chi connectivity index (χ0) is 13.5. The Morgan fingerprint density at radius 2 is 1.89 bits per heavy atom. The van der Waals surface area contributed by atoms with E-state index in [0.29, 0.717) is 0 Å². The summed E-state index contributed by atoms with van der Waals surface area (Å²) in [6, 6.07) is 12.4. The first-order chi connectivity index (χ1) is 9.35. The van der Waals surface area contributed by atoms with Gasteiger partial charge in [0, 0.05) is 23.5 Å². The molecule has 0 radical (unpaired) electrons. The van der Waals surface area contributed by atoms with Crippen molar-refractivity contribution in [1.29, 1.82) is 0 Å². The topological polar surface area (TPSA) is 12.9 Å². The van der Waals surface area contributed by atoms with E-state index in [9.17, 15) is 0 Å². The van der Waals surface area contributed by atoms with Crippen LogP contribution in [0.1, 0.15) is 12.5 Å². The summed E-state index contributed by atoms with van der Waals surface area (Å²) in [5, 5.41) is 0. The fourth-order valence-corrected chi connectivity index (χ4v) is 1.94. The van der Waals surface area contributed by atoms with E-state index >= 15 is 0 Å². The molecule has 0 saturated heterocycles. The molecule has 0 aliphatic heterocycles. The largest absolute Gasteiger partial charge is 0.263 e. The number of nitrogens with zero attached hydrogens (tertiary/aromatic N) is 1. The maximum Gasteiger partial charge on any atom is 0.0346 e. The van der Waals surface area contributed by atoms with E-state index in [1.807, 2.05) is 49.7 Å². The highest BCUT2D eigenvalue weighted by Gasteiger charge is 2.02. The Labute approximate surface area is 114 Å². The Bertz CT molecular complexity index is 607. The minimum Gasteiger partial charge on any atom is -0.263 e. The standard InChI is InChI=1S/C18H17N/c1-3-8-15(9-4-2)17-12-18(14-19-13-17)16-10-6-5-7-11-16/h3-14H,1H2,2H3/b9-4-,15-8+. The summed E-state index contributed by atoms with van der Waals surface area (Å²) in [7, 11) is 0. The lowest BCUT2D eigenvalue weighted by Crippen LogP contribution is -1.86. The van der Waals surface area contributed by atoms with Crippen molar-refractivity contribution in [3.63, 3.8) is 0 Å². The van der Waals surface area contributed by atoms with Crippen LogP contribution in [-0.2, 0) is 0 Å². The Morgan fingerprint density at radius 3 is 2.58 bits per heavy atom. The predicted molar refractivity (Wildman–Crippen MR) is 82.7 cm³/mol. The molecule has 0 N–H and O–H groups in total. The Morgan fingerprint density at radius 1 is 1.11 bits per heavy atom. The van der Waals surface area contributed by atoms with Crippen LogP contribution in [0.3, 0.4) is 0 Å². The van der Waals surface area contributed by atoms with Crippen LogP contribution in [0, 0.1) is 0 Å². The monoisotopic (exact) mass is 247 g/mol. The van der Waals surface area contributed by atoms with Crippen LogP contribution >= 0.6 is 0 Å². The van der Waals surface area contributed by atoms with E-state index < -0.39 is 0 Å². The van der Waals surface area contributed by atoms with Gasteiger partial charge in [0.15, 0.2) is 0 Å². The zero-order valence-corrected chi connectivity index (χ0v) is 11.1. The smallest absolute Gasteiger partial charge is 0.0346 e. The molecule has 2 aromatic rings. The van der Waals surface area contributed by atoms with Crippen molar-refractivity contribution >= 4 is 5.57 Å². The fourth-order valence-electron chi connectivity index (χ4n) is 1.94. The van der Waals surface area contributed by atoms with Gasteiger partial charge in [-0.05, 0) is 24.1 Å². The van der Waals surface area contributed by atoms with Crippen molar-refractivity contribution in [3.05, 3.63) is 85.2 Å². The molecule has 0 bridgehead atoms. The van der Waals surface area contributed by atoms with Gasteiger partial charge in [0.2, 0.25) is 0 Å². The lowest BCUT2D eigenvalue weighted by molar-refractivity contribution is 1.31. The molecule has 1 nitrogen and oxygen atoms in total. The number of pyridine rings is 1. The lowest BCUT2D eigenvalue weighted by Gasteiger charge is -2.05. The third-order valence-corrected chi connectivity index (χ3v) is 2.82. The number of allylic oxidation sites excluding steroid dienone is 5. The second-order valence-corrected chi connectivity index (χ2v) is 4.19. The summed E-state index contributed by atoms with van der Waals surface area (Å²) in [6.07, 6.45) is 11.6. The predicted octanol–water partition coefficient (Wildman–Crippen LogP) is 4.89. The molecule has 19 heavy (non-hydrogen) atoms.